The zero-order valence-electron chi connectivity index (χ0n) is 16.3. The van der Waals surface area contributed by atoms with E-state index < -0.39 is 0 Å². The summed E-state index contributed by atoms with van der Waals surface area (Å²) in [5, 5.41) is 2.75. The summed E-state index contributed by atoms with van der Waals surface area (Å²) in [7, 11) is 0. The number of nitrogens with one attached hydrogen (secondary N) is 1. The van der Waals surface area contributed by atoms with Gasteiger partial charge in [0.05, 0.1) is 13.1 Å². The van der Waals surface area contributed by atoms with Crippen molar-refractivity contribution in [1.29, 1.82) is 0 Å². The van der Waals surface area contributed by atoms with Crippen LogP contribution < -0.4 is 5.32 Å². The van der Waals surface area contributed by atoms with Crippen LogP contribution in [0.4, 0.5) is 0 Å². The number of hydrogen-bond acceptors (Lipinski definition) is 4. The third kappa shape index (κ3) is 6.42. The smallest absolute Gasteiger partial charge is 0.239 e. The van der Waals surface area contributed by atoms with Crippen LogP contribution in [0.5, 0.6) is 0 Å². The van der Waals surface area contributed by atoms with Crippen LogP contribution in [0.15, 0.2) is 24.3 Å². The van der Waals surface area contributed by atoms with Crippen molar-refractivity contribution in [1.82, 2.24) is 20.0 Å². The minimum absolute atomic E-state index is 0.0332. The van der Waals surface area contributed by atoms with E-state index in [-0.39, 0.29) is 18.4 Å². The second kappa shape index (κ2) is 10.3. The monoisotopic (exact) mass is 360 g/mol. The van der Waals surface area contributed by atoms with Gasteiger partial charge in [-0.15, -0.1) is 0 Å². The van der Waals surface area contributed by atoms with Gasteiger partial charge < -0.3 is 10.2 Å². The largest absolute Gasteiger partial charge is 0.355 e. The number of likely N-dealkylation sites (N-methyl/N-ethyl adjacent to an activating group) is 2. The van der Waals surface area contributed by atoms with Crippen LogP contribution in [0.25, 0.3) is 0 Å². The van der Waals surface area contributed by atoms with Crippen LogP contribution in [0.3, 0.4) is 0 Å². The van der Waals surface area contributed by atoms with Crippen molar-refractivity contribution in [3.8, 4) is 0 Å². The molecule has 1 aromatic rings. The topological polar surface area (TPSA) is 55.9 Å². The molecule has 2 rings (SSSR count). The van der Waals surface area contributed by atoms with E-state index in [2.05, 4.69) is 46.3 Å². The fraction of sp³-hybridized carbons (Fsp3) is 0.600. The summed E-state index contributed by atoms with van der Waals surface area (Å²) in [6.45, 7) is 12.3. The van der Waals surface area contributed by atoms with Crippen molar-refractivity contribution in [2.75, 3.05) is 52.4 Å². The normalized spacial score (nSPS) is 15.7. The van der Waals surface area contributed by atoms with Crippen LogP contribution in [-0.4, -0.2) is 78.9 Å². The molecule has 0 aliphatic carbocycles. The van der Waals surface area contributed by atoms with Crippen molar-refractivity contribution in [3.05, 3.63) is 35.4 Å². The molecule has 1 aromatic carbocycles. The average Bonchev–Trinajstić information content (AvgIpc) is 2.61. The number of amides is 2. The summed E-state index contributed by atoms with van der Waals surface area (Å²) in [5.74, 6) is -0.0587. The van der Waals surface area contributed by atoms with Crippen molar-refractivity contribution in [3.63, 3.8) is 0 Å². The molecule has 1 aliphatic rings. The Bertz CT molecular complexity index is 597. The van der Waals surface area contributed by atoms with Gasteiger partial charge in [-0.1, -0.05) is 29.8 Å². The van der Waals surface area contributed by atoms with Crippen molar-refractivity contribution < 1.29 is 9.59 Å². The minimum Gasteiger partial charge on any atom is -0.355 e. The first-order chi connectivity index (χ1) is 12.5. The number of piperazine rings is 1. The molecule has 0 atom stereocenters. The number of benzene rings is 1. The molecule has 6 nitrogen and oxygen atoms in total. The summed E-state index contributed by atoms with van der Waals surface area (Å²) in [6.07, 6.45) is 0. The third-order valence-electron chi connectivity index (χ3n) is 4.76. The average molecular weight is 361 g/mol. The molecule has 1 heterocycles. The van der Waals surface area contributed by atoms with E-state index in [4.69, 9.17) is 0 Å². The number of nitrogens with zero attached hydrogens (tertiary/aromatic N) is 3. The van der Waals surface area contributed by atoms with Gasteiger partial charge in [-0.25, -0.2) is 0 Å². The lowest BCUT2D eigenvalue weighted by Crippen LogP contribution is -2.50. The van der Waals surface area contributed by atoms with Gasteiger partial charge in [0.15, 0.2) is 0 Å². The summed E-state index contributed by atoms with van der Waals surface area (Å²) in [4.78, 5) is 30.5. The first kappa shape index (κ1) is 20.4. The number of carbonyl (C=O) groups excluding carboxylic acids is 2. The Morgan fingerprint density at radius 3 is 2.42 bits per heavy atom. The van der Waals surface area contributed by atoms with E-state index in [1.54, 1.807) is 4.90 Å². The van der Waals surface area contributed by atoms with E-state index in [1.165, 1.54) is 11.1 Å². The number of aryl methyl sites for hydroxylation is 1. The lowest BCUT2D eigenvalue weighted by Gasteiger charge is -2.35. The van der Waals surface area contributed by atoms with E-state index in [9.17, 15) is 9.59 Å². The lowest BCUT2D eigenvalue weighted by molar-refractivity contribution is -0.137. The van der Waals surface area contributed by atoms with Gasteiger partial charge in [-0.05, 0) is 26.3 Å². The van der Waals surface area contributed by atoms with E-state index >= 15 is 0 Å². The first-order valence-corrected chi connectivity index (χ1v) is 9.56. The zero-order valence-corrected chi connectivity index (χ0v) is 16.3. The second-order valence-electron chi connectivity index (χ2n) is 6.90. The highest BCUT2D eigenvalue weighted by atomic mass is 16.2. The molecule has 0 radical (unpaired) electrons. The molecule has 0 saturated carbocycles. The Morgan fingerprint density at radius 1 is 1.12 bits per heavy atom. The maximum atomic E-state index is 12.5. The lowest BCUT2D eigenvalue weighted by atomic mass is 10.1. The second-order valence-corrected chi connectivity index (χ2v) is 6.90. The molecule has 1 fully saturated rings. The molecule has 0 unspecified atom stereocenters. The van der Waals surface area contributed by atoms with Crippen LogP contribution >= 0.6 is 0 Å². The molecule has 0 aromatic heterocycles. The number of carbonyl (C=O) groups is 2. The maximum absolute atomic E-state index is 12.5. The molecule has 1 N–H and O–H groups in total. The van der Waals surface area contributed by atoms with Crippen LogP contribution in [0.1, 0.15) is 25.0 Å². The molecular weight excluding hydrogens is 328 g/mol. The fourth-order valence-electron chi connectivity index (χ4n) is 3.27. The Labute approximate surface area is 157 Å². The molecule has 6 heteroatoms. The Kier molecular flexibility index (Phi) is 8.06. The Morgan fingerprint density at radius 2 is 1.81 bits per heavy atom. The number of rotatable bonds is 8. The standard InChI is InChI=1S/C20H32N4O2/c1-4-21-19(25)15-24(5-2)20(26)16-23-11-9-22(10-12-23)14-18-8-6-7-17(3)13-18/h6-8,13H,4-5,9-12,14-16H2,1-3H3,(H,21,25). The van der Waals surface area contributed by atoms with Crippen LogP contribution in [0, 0.1) is 6.92 Å². The zero-order chi connectivity index (χ0) is 18.9. The predicted molar refractivity (Wildman–Crippen MR) is 104 cm³/mol. The fourth-order valence-corrected chi connectivity index (χ4v) is 3.27. The van der Waals surface area contributed by atoms with Crippen molar-refractivity contribution in [2.24, 2.45) is 0 Å². The molecule has 0 spiro atoms. The summed E-state index contributed by atoms with van der Waals surface area (Å²) in [5.41, 5.74) is 2.63. The van der Waals surface area contributed by atoms with Gasteiger partial charge in [0.1, 0.15) is 0 Å². The van der Waals surface area contributed by atoms with Gasteiger partial charge in [0, 0.05) is 45.8 Å². The SMILES string of the molecule is CCNC(=O)CN(CC)C(=O)CN1CCN(Cc2cccc(C)c2)CC1. The Balaban J connectivity index is 1.76. The third-order valence-corrected chi connectivity index (χ3v) is 4.76. The van der Waals surface area contributed by atoms with Gasteiger partial charge in [0.25, 0.3) is 0 Å². The van der Waals surface area contributed by atoms with Crippen LogP contribution in [-0.2, 0) is 16.1 Å². The molecule has 144 valence electrons. The number of hydrogen-bond donors (Lipinski definition) is 1. The highest BCUT2D eigenvalue weighted by Crippen LogP contribution is 2.10. The highest BCUT2D eigenvalue weighted by Gasteiger charge is 2.22. The predicted octanol–water partition coefficient (Wildman–Crippen LogP) is 1.10. The quantitative estimate of drug-likeness (QED) is 0.754. The van der Waals surface area contributed by atoms with Gasteiger partial charge in [0.2, 0.25) is 11.8 Å². The molecule has 1 aliphatic heterocycles. The maximum Gasteiger partial charge on any atom is 0.239 e. The Hall–Kier alpha value is -1.92. The minimum atomic E-state index is -0.0920. The summed E-state index contributed by atoms with van der Waals surface area (Å²) < 4.78 is 0. The van der Waals surface area contributed by atoms with Crippen molar-refractivity contribution in [2.45, 2.75) is 27.3 Å². The highest BCUT2D eigenvalue weighted by molar-refractivity contribution is 5.85. The van der Waals surface area contributed by atoms with Crippen molar-refractivity contribution >= 4 is 11.8 Å². The molecular formula is C20H32N4O2. The first-order valence-electron chi connectivity index (χ1n) is 9.56. The molecule has 26 heavy (non-hydrogen) atoms. The van der Waals surface area contributed by atoms with Gasteiger partial charge in [-0.3, -0.25) is 19.4 Å². The summed E-state index contributed by atoms with van der Waals surface area (Å²) in [6, 6.07) is 8.63. The van der Waals surface area contributed by atoms with E-state index in [1.807, 2.05) is 13.8 Å². The molecule has 0 bridgehead atoms. The summed E-state index contributed by atoms with van der Waals surface area (Å²) >= 11 is 0. The molecule has 2 amide bonds. The van der Waals surface area contributed by atoms with E-state index in [0.717, 1.165) is 32.7 Å². The van der Waals surface area contributed by atoms with E-state index in [0.29, 0.717) is 19.6 Å². The van der Waals surface area contributed by atoms with Crippen LogP contribution in [0.2, 0.25) is 0 Å². The molecule has 1 saturated heterocycles. The van der Waals surface area contributed by atoms with Gasteiger partial charge in [-0.2, -0.15) is 0 Å². The van der Waals surface area contributed by atoms with Gasteiger partial charge >= 0.3 is 0 Å².